The Kier molecular flexibility index (Phi) is 6.14. The predicted octanol–water partition coefficient (Wildman–Crippen LogP) is 3.71. The van der Waals surface area contributed by atoms with Gasteiger partial charge < -0.3 is 4.52 Å². The van der Waals surface area contributed by atoms with Crippen LogP contribution in [0.1, 0.15) is 31.3 Å². The SMILES string of the molecule is CC(C)Cc1noc(CN2CCN(Cc3csc(-c4ccccc4)n3)CC2)n1. The van der Waals surface area contributed by atoms with Crippen LogP contribution < -0.4 is 0 Å². The van der Waals surface area contributed by atoms with Crippen LogP contribution in [0.2, 0.25) is 0 Å². The lowest BCUT2D eigenvalue weighted by molar-refractivity contribution is 0.111. The Morgan fingerprint density at radius 3 is 2.43 bits per heavy atom. The molecule has 0 spiro atoms. The molecule has 1 fully saturated rings. The molecule has 1 saturated heterocycles. The number of piperazine rings is 1. The summed E-state index contributed by atoms with van der Waals surface area (Å²) in [6.07, 6.45) is 0.871. The van der Waals surface area contributed by atoms with E-state index in [1.165, 1.54) is 5.56 Å². The standard InChI is InChI=1S/C21H27N5OS/c1-16(2)12-19-23-20(27-24-19)14-26-10-8-25(9-11-26)13-18-15-28-21(22-18)17-6-4-3-5-7-17/h3-7,15-16H,8-14H2,1-2H3. The normalized spacial score (nSPS) is 16.1. The Morgan fingerprint density at radius 1 is 1.00 bits per heavy atom. The lowest BCUT2D eigenvalue weighted by atomic mass is 10.1. The van der Waals surface area contributed by atoms with E-state index in [9.17, 15) is 0 Å². The molecule has 1 aromatic carbocycles. The zero-order valence-corrected chi connectivity index (χ0v) is 17.4. The molecule has 2 aromatic heterocycles. The molecule has 3 aromatic rings. The minimum absolute atomic E-state index is 0.544. The van der Waals surface area contributed by atoms with E-state index in [-0.39, 0.29) is 0 Å². The van der Waals surface area contributed by atoms with Crippen molar-refractivity contribution in [1.29, 1.82) is 0 Å². The maximum atomic E-state index is 5.41. The number of benzene rings is 1. The second kappa shape index (κ2) is 8.94. The van der Waals surface area contributed by atoms with Crippen molar-refractivity contribution in [2.45, 2.75) is 33.4 Å². The van der Waals surface area contributed by atoms with Gasteiger partial charge >= 0.3 is 0 Å². The zero-order chi connectivity index (χ0) is 19.3. The third-order valence-electron chi connectivity index (χ3n) is 4.88. The highest BCUT2D eigenvalue weighted by atomic mass is 32.1. The molecule has 1 aliphatic rings. The van der Waals surface area contributed by atoms with E-state index in [1.807, 2.05) is 6.07 Å². The first-order valence-electron chi connectivity index (χ1n) is 9.91. The number of thiazole rings is 1. The maximum Gasteiger partial charge on any atom is 0.240 e. The first kappa shape index (κ1) is 19.2. The van der Waals surface area contributed by atoms with E-state index in [0.717, 1.165) is 68.1 Å². The molecular formula is C21H27N5OS. The molecule has 1 aliphatic heterocycles. The summed E-state index contributed by atoms with van der Waals surface area (Å²) in [4.78, 5) is 14.2. The van der Waals surface area contributed by atoms with Gasteiger partial charge in [-0.15, -0.1) is 11.3 Å². The molecule has 0 amide bonds. The van der Waals surface area contributed by atoms with Crippen molar-refractivity contribution in [2.75, 3.05) is 26.2 Å². The topological polar surface area (TPSA) is 58.3 Å². The van der Waals surface area contributed by atoms with Crippen LogP contribution in [0.3, 0.4) is 0 Å². The van der Waals surface area contributed by atoms with Crippen LogP contribution in [0.15, 0.2) is 40.2 Å². The Labute approximate surface area is 170 Å². The zero-order valence-electron chi connectivity index (χ0n) is 16.5. The number of aromatic nitrogens is 3. The lowest BCUT2D eigenvalue weighted by Crippen LogP contribution is -2.45. The van der Waals surface area contributed by atoms with E-state index in [0.29, 0.717) is 5.92 Å². The number of hydrogen-bond donors (Lipinski definition) is 0. The van der Waals surface area contributed by atoms with Crippen molar-refractivity contribution in [2.24, 2.45) is 5.92 Å². The number of hydrogen-bond acceptors (Lipinski definition) is 7. The highest BCUT2D eigenvalue weighted by Crippen LogP contribution is 2.24. The van der Waals surface area contributed by atoms with Crippen LogP contribution in [0, 0.1) is 5.92 Å². The summed E-state index contributed by atoms with van der Waals surface area (Å²) in [5, 5.41) is 7.37. The summed E-state index contributed by atoms with van der Waals surface area (Å²) < 4.78 is 5.41. The predicted molar refractivity (Wildman–Crippen MR) is 111 cm³/mol. The summed E-state index contributed by atoms with van der Waals surface area (Å²) in [6.45, 7) is 10.1. The van der Waals surface area contributed by atoms with Crippen molar-refractivity contribution in [1.82, 2.24) is 24.9 Å². The molecule has 28 heavy (non-hydrogen) atoms. The molecule has 148 valence electrons. The van der Waals surface area contributed by atoms with Gasteiger partial charge in [0.1, 0.15) is 5.01 Å². The monoisotopic (exact) mass is 397 g/mol. The van der Waals surface area contributed by atoms with Gasteiger partial charge in [-0.25, -0.2) is 4.98 Å². The average molecular weight is 398 g/mol. The van der Waals surface area contributed by atoms with Gasteiger partial charge in [-0.1, -0.05) is 49.3 Å². The molecule has 4 rings (SSSR count). The molecule has 0 saturated carbocycles. The fourth-order valence-corrected chi connectivity index (χ4v) is 4.24. The van der Waals surface area contributed by atoms with E-state index in [1.54, 1.807) is 11.3 Å². The van der Waals surface area contributed by atoms with Crippen LogP contribution in [-0.2, 0) is 19.5 Å². The fourth-order valence-electron chi connectivity index (χ4n) is 3.42. The summed E-state index contributed by atoms with van der Waals surface area (Å²) in [6, 6.07) is 10.4. The highest BCUT2D eigenvalue weighted by molar-refractivity contribution is 7.13. The van der Waals surface area contributed by atoms with Gasteiger partial charge in [0, 0.05) is 50.1 Å². The quantitative estimate of drug-likeness (QED) is 0.606. The van der Waals surface area contributed by atoms with Gasteiger partial charge in [0.25, 0.3) is 0 Å². The second-order valence-electron chi connectivity index (χ2n) is 7.76. The molecule has 0 bridgehead atoms. The van der Waals surface area contributed by atoms with Crippen LogP contribution in [0.25, 0.3) is 10.6 Å². The largest absolute Gasteiger partial charge is 0.338 e. The van der Waals surface area contributed by atoms with E-state index < -0.39 is 0 Å². The van der Waals surface area contributed by atoms with E-state index in [4.69, 9.17) is 9.51 Å². The Morgan fingerprint density at radius 2 is 1.71 bits per heavy atom. The first-order valence-corrected chi connectivity index (χ1v) is 10.8. The van der Waals surface area contributed by atoms with Gasteiger partial charge in [0.15, 0.2) is 5.82 Å². The summed E-state index contributed by atoms with van der Waals surface area (Å²) >= 11 is 1.72. The Balaban J connectivity index is 1.25. The maximum absolute atomic E-state index is 5.41. The molecule has 0 radical (unpaired) electrons. The molecule has 6 nitrogen and oxygen atoms in total. The van der Waals surface area contributed by atoms with Crippen LogP contribution in [0.5, 0.6) is 0 Å². The van der Waals surface area contributed by atoms with Crippen LogP contribution in [-0.4, -0.2) is 51.1 Å². The third-order valence-corrected chi connectivity index (χ3v) is 5.82. The average Bonchev–Trinajstić information content (AvgIpc) is 3.33. The Hall–Kier alpha value is -2.09. The van der Waals surface area contributed by atoms with Gasteiger partial charge in [-0.3, -0.25) is 9.80 Å². The molecule has 0 aliphatic carbocycles. The second-order valence-corrected chi connectivity index (χ2v) is 8.62. The minimum Gasteiger partial charge on any atom is -0.338 e. The van der Waals surface area contributed by atoms with Gasteiger partial charge in [-0.2, -0.15) is 4.98 Å². The molecule has 0 N–H and O–H groups in total. The van der Waals surface area contributed by atoms with Gasteiger partial charge in [0.2, 0.25) is 5.89 Å². The van der Waals surface area contributed by atoms with E-state index in [2.05, 4.69) is 63.4 Å². The molecular weight excluding hydrogens is 370 g/mol. The van der Waals surface area contributed by atoms with Crippen molar-refractivity contribution in [3.63, 3.8) is 0 Å². The molecule has 3 heterocycles. The van der Waals surface area contributed by atoms with Gasteiger partial charge in [0.05, 0.1) is 12.2 Å². The van der Waals surface area contributed by atoms with Crippen molar-refractivity contribution < 1.29 is 4.52 Å². The summed E-state index contributed by atoms with van der Waals surface area (Å²) in [7, 11) is 0. The van der Waals surface area contributed by atoms with Crippen LogP contribution >= 0.6 is 11.3 Å². The third kappa shape index (κ3) is 5.04. The van der Waals surface area contributed by atoms with Crippen molar-refractivity contribution in [3.8, 4) is 10.6 Å². The first-order chi connectivity index (χ1) is 13.7. The van der Waals surface area contributed by atoms with Crippen molar-refractivity contribution >= 4 is 11.3 Å². The lowest BCUT2D eigenvalue weighted by Gasteiger charge is -2.33. The highest BCUT2D eigenvalue weighted by Gasteiger charge is 2.20. The summed E-state index contributed by atoms with van der Waals surface area (Å²) in [5.74, 6) is 2.10. The smallest absolute Gasteiger partial charge is 0.240 e. The fraction of sp³-hybridized carbons (Fsp3) is 0.476. The van der Waals surface area contributed by atoms with Gasteiger partial charge in [-0.05, 0) is 5.92 Å². The number of nitrogens with zero attached hydrogens (tertiary/aromatic N) is 5. The minimum atomic E-state index is 0.544. The molecule has 0 unspecified atom stereocenters. The molecule has 0 atom stereocenters. The molecule has 7 heteroatoms. The summed E-state index contributed by atoms with van der Waals surface area (Å²) in [5.41, 5.74) is 2.35. The van der Waals surface area contributed by atoms with E-state index >= 15 is 0 Å². The Bertz CT molecular complexity index is 868. The van der Waals surface area contributed by atoms with Crippen LogP contribution in [0.4, 0.5) is 0 Å². The number of rotatable bonds is 7. The van der Waals surface area contributed by atoms with Crippen molar-refractivity contribution in [3.05, 3.63) is 53.1 Å².